The van der Waals surface area contributed by atoms with Crippen LogP contribution in [-0.4, -0.2) is 33.6 Å². The van der Waals surface area contributed by atoms with Crippen molar-refractivity contribution >= 4 is 11.6 Å². The molecule has 1 aliphatic carbocycles. The Hall–Kier alpha value is -1.96. The van der Waals surface area contributed by atoms with Crippen molar-refractivity contribution in [3.05, 3.63) is 35.6 Å². The third kappa shape index (κ3) is 2.41. The van der Waals surface area contributed by atoms with Gasteiger partial charge in [-0.15, -0.1) is 0 Å². The molecule has 1 aliphatic heterocycles. The predicted molar refractivity (Wildman–Crippen MR) is 73.0 cm³/mol. The van der Waals surface area contributed by atoms with E-state index in [0.29, 0.717) is 19.3 Å². The summed E-state index contributed by atoms with van der Waals surface area (Å²) in [4.78, 5) is 12.4. The van der Waals surface area contributed by atoms with Gasteiger partial charge in [-0.05, 0) is 43.5 Å². The molecule has 0 spiro atoms. The normalized spacial score (nSPS) is 27.6. The second-order valence-corrected chi connectivity index (χ2v) is 5.74. The maximum absolute atomic E-state index is 13.5. The number of fused-ring (bicyclic) bond motifs is 1. The number of hydrogen-bond donors (Lipinski definition) is 1. The first-order chi connectivity index (χ1) is 10.7. The van der Waals surface area contributed by atoms with Crippen LogP contribution in [0.3, 0.4) is 0 Å². The number of rotatable bonds is 1. The lowest BCUT2D eigenvalue weighted by Gasteiger charge is -2.38. The van der Waals surface area contributed by atoms with Gasteiger partial charge >= 0.3 is 6.18 Å². The molecule has 0 saturated heterocycles. The van der Waals surface area contributed by atoms with Crippen molar-refractivity contribution in [1.29, 1.82) is 0 Å². The first-order valence-corrected chi connectivity index (χ1v) is 7.21. The van der Waals surface area contributed by atoms with Crippen molar-refractivity contribution in [3.63, 3.8) is 0 Å². The number of nitrogens with zero attached hydrogens (tertiary/aromatic N) is 2. The molecule has 1 aromatic rings. The highest BCUT2D eigenvalue weighted by Gasteiger charge is 2.68. The quantitative estimate of drug-likeness (QED) is 0.805. The van der Waals surface area contributed by atoms with Crippen LogP contribution in [-0.2, 0) is 0 Å². The number of carbonyl (C=O) groups excluding carboxylic acids is 1. The highest BCUT2D eigenvalue weighted by molar-refractivity contribution is 5.99. The van der Waals surface area contributed by atoms with E-state index in [9.17, 15) is 27.5 Å². The lowest BCUT2D eigenvalue weighted by atomic mass is 9.80. The Kier molecular flexibility index (Phi) is 3.66. The fourth-order valence-electron chi connectivity index (χ4n) is 3.13. The minimum Gasteiger partial charge on any atom is -0.362 e. The Bertz CT molecular complexity index is 656. The highest BCUT2D eigenvalue weighted by atomic mass is 19.4. The van der Waals surface area contributed by atoms with Gasteiger partial charge in [0.2, 0.25) is 0 Å². The van der Waals surface area contributed by atoms with E-state index in [4.69, 9.17) is 0 Å². The molecule has 1 N–H and O–H groups in total. The summed E-state index contributed by atoms with van der Waals surface area (Å²) in [6.45, 7) is 0. The fourth-order valence-corrected chi connectivity index (χ4v) is 3.13. The summed E-state index contributed by atoms with van der Waals surface area (Å²) < 4.78 is 53.5. The molecule has 4 nitrogen and oxygen atoms in total. The van der Waals surface area contributed by atoms with Gasteiger partial charge in [-0.2, -0.15) is 23.3 Å². The second kappa shape index (κ2) is 5.30. The van der Waals surface area contributed by atoms with Crippen LogP contribution in [0.4, 0.5) is 17.6 Å². The summed E-state index contributed by atoms with van der Waals surface area (Å²) in [5.41, 5.74) is -3.34. The summed E-state index contributed by atoms with van der Waals surface area (Å²) in [6, 6.07) is 4.07. The molecule has 124 valence electrons. The Labute approximate surface area is 129 Å². The van der Waals surface area contributed by atoms with Crippen LogP contribution in [0.5, 0.6) is 0 Å². The van der Waals surface area contributed by atoms with Crippen LogP contribution in [0.15, 0.2) is 29.4 Å². The van der Waals surface area contributed by atoms with E-state index in [0.717, 1.165) is 24.3 Å². The third-order valence-corrected chi connectivity index (χ3v) is 4.32. The Balaban J connectivity index is 2.03. The molecule has 2 aliphatic rings. The van der Waals surface area contributed by atoms with Gasteiger partial charge in [0.15, 0.2) is 0 Å². The number of hydrogen-bond acceptors (Lipinski definition) is 3. The van der Waals surface area contributed by atoms with E-state index in [-0.39, 0.29) is 22.7 Å². The monoisotopic (exact) mass is 330 g/mol. The number of aliphatic hydroxyl groups is 1. The number of hydrazone groups is 1. The average molecular weight is 330 g/mol. The number of amides is 1. The van der Waals surface area contributed by atoms with Gasteiger partial charge in [0.1, 0.15) is 5.82 Å². The summed E-state index contributed by atoms with van der Waals surface area (Å²) in [6.07, 6.45) is -3.42. The molecule has 8 heteroatoms. The molecule has 2 atom stereocenters. The van der Waals surface area contributed by atoms with Gasteiger partial charge in [0.05, 0.1) is 5.92 Å². The molecule has 1 amide bonds. The van der Waals surface area contributed by atoms with Crippen LogP contribution in [0, 0.1) is 11.7 Å². The first kappa shape index (κ1) is 15.9. The Morgan fingerprint density at radius 3 is 2.52 bits per heavy atom. The Morgan fingerprint density at radius 1 is 1.26 bits per heavy atom. The van der Waals surface area contributed by atoms with Gasteiger partial charge in [0, 0.05) is 11.3 Å². The maximum Gasteiger partial charge on any atom is 0.439 e. The zero-order valence-corrected chi connectivity index (χ0v) is 12.0. The number of halogens is 4. The van der Waals surface area contributed by atoms with Crippen molar-refractivity contribution in [1.82, 2.24) is 5.01 Å². The van der Waals surface area contributed by atoms with Gasteiger partial charge in [-0.25, -0.2) is 4.39 Å². The SMILES string of the molecule is O=C(c1ccc(F)cc1)N1N=C2CCCC[C@H]2[C@]1(O)C(F)(F)F. The van der Waals surface area contributed by atoms with Crippen molar-refractivity contribution < 1.29 is 27.5 Å². The van der Waals surface area contributed by atoms with Crippen LogP contribution >= 0.6 is 0 Å². The lowest BCUT2D eigenvalue weighted by molar-refractivity contribution is -0.312. The summed E-state index contributed by atoms with van der Waals surface area (Å²) in [5.74, 6) is -2.97. The number of benzene rings is 1. The molecule has 23 heavy (non-hydrogen) atoms. The molecule has 0 radical (unpaired) electrons. The van der Waals surface area contributed by atoms with Crippen LogP contribution in [0.2, 0.25) is 0 Å². The molecular weight excluding hydrogens is 316 g/mol. The van der Waals surface area contributed by atoms with Crippen molar-refractivity contribution in [2.75, 3.05) is 0 Å². The molecule has 0 bridgehead atoms. The zero-order valence-electron chi connectivity index (χ0n) is 12.0. The van der Waals surface area contributed by atoms with E-state index in [2.05, 4.69) is 5.10 Å². The smallest absolute Gasteiger partial charge is 0.362 e. The van der Waals surface area contributed by atoms with E-state index in [1.807, 2.05) is 0 Å². The van der Waals surface area contributed by atoms with E-state index in [1.54, 1.807) is 0 Å². The first-order valence-electron chi connectivity index (χ1n) is 7.21. The average Bonchev–Trinajstić information content (AvgIpc) is 2.82. The van der Waals surface area contributed by atoms with Crippen molar-refractivity contribution in [2.24, 2.45) is 11.0 Å². The third-order valence-electron chi connectivity index (χ3n) is 4.32. The summed E-state index contributed by atoms with van der Waals surface area (Å²) >= 11 is 0. The fraction of sp³-hybridized carbons (Fsp3) is 0.467. The maximum atomic E-state index is 13.5. The van der Waals surface area contributed by atoms with Crippen molar-refractivity contribution in [3.8, 4) is 0 Å². The van der Waals surface area contributed by atoms with E-state index in [1.165, 1.54) is 0 Å². The van der Waals surface area contributed by atoms with Gasteiger partial charge in [0.25, 0.3) is 11.6 Å². The standard InChI is InChI=1S/C15H14F4N2O2/c16-10-7-5-9(6-8-10)13(22)21-14(23,15(17,18)19)11-3-1-2-4-12(11)20-21/h5-8,11,23H,1-4H2/t11-,14+/m1/s1. The lowest BCUT2D eigenvalue weighted by Crippen LogP contribution is -2.61. The van der Waals surface area contributed by atoms with Crippen LogP contribution in [0.25, 0.3) is 0 Å². The molecular formula is C15H14F4N2O2. The number of carbonyl (C=O) groups is 1. The molecule has 1 heterocycles. The van der Waals surface area contributed by atoms with Gasteiger partial charge in [-0.3, -0.25) is 4.79 Å². The van der Waals surface area contributed by atoms with Gasteiger partial charge in [-0.1, -0.05) is 6.42 Å². The van der Waals surface area contributed by atoms with Gasteiger partial charge < -0.3 is 5.11 Å². The predicted octanol–water partition coefficient (Wildman–Crippen LogP) is 3.08. The van der Waals surface area contributed by atoms with Crippen molar-refractivity contribution in [2.45, 2.75) is 37.6 Å². The minimum atomic E-state index is -5.05. The zero-order chi connectivity index (χ0) is 16.8. The summed E-state index contributed by atoms with van der Waals surface area (Å²) in [5, 5.41) is 14.2. The molecule has 3 rings (SSSR count). The van der Waals surface area contributed by atoms with E-state index >= 15 is 0 Å². The topological polar surface area (TPSA) is 52.9 Å². The molecule has 1 fully saturated rings. The molecule has 0 aromatic heterocycles. The van der Waals surface area contributed by atoms with E-state index < -0.39 is 29.5 Å². The molecule has 1 saturated carbocycles. The van der Waals surface area contributed by atoms with Crippen LogP contribution in [0.1, 0.15) is 36.0 Å². The van der Waals surface area contributed by atoms with Crippen LogP contribution < -0.4 is 0 Å². The highest BCUT2D eigenvalue weighted by Crippen LogP contribution is 2.48. The Morgan fingerprint density at radius 2 is 1.91 bits per heavy atom. The second-order valence-electron chi connectivity index (χ2n) is 5.74. The molecule has 0 unspecified atom stereocenters. The molecule has 1 aromatic carbocycles. The number of alkyl halides is 3. The summed E-state index contributed by atoms with van der Waals surface area (Å²) in [7, 11) is 0. The largest absolute Gasteiger partial charge is 0.439 e. The minimum absolute atomic E-state index is 0.113.